The van der Waals surface area contributed by atoms with Gasteiger partial charge in [0.05, 0.1) is 5.69 Å². The lowest BCUT2D eigenvalue weighted by Gasteiger charge is -2.27. The van der Waals surface area contributed by atoms with Gasteiger partial charge in [0.25, 0.3) is 0 Å². The van der Waals surface area contributed by atoms with Gasteiger partial charge >= 0.3 is 11.4 Å². The van der Waals surface area contributed by atoms with E-state index >= 15 is 0 Å². The molecule has 2 atom stereocenters. The van der Waals surface area contributed by atoms with Crippen LogP contribution in [0.3, 0.4) is 0 Å². The zero-order chi connectivity index (χ0) is 14.4. The van der Waals surface area contributed by atoms with Crippen molar-refractivity contribution in [3.05, 3.63) is 50.3 Å². The van der Waals surface area contributed by atoms with Gasteiger partial charge in [-0.3, -0.25) is 0 Å². The first-order valence-corrected chi connectivity index (χ1v) is 7.05. The fraction of sp³-hybridized carbons (Fsp3) is 0.429. The van der Waals surface area contributed by atoms with Crippen LogP contribution in [0.4, 0.5) is 0 Å². The third-order valence-corrected chi connectivity index (χ3v) is 4.35. The maximum atomic E-state index is 12.4. The summed E-state index contributed by atoms with van der Waals surface area (Å²) in [4.78, 5) is 24.9. The second kappa shape index (κ2) is 4.66. The molecule has 20 heavy (non-hydrogen) atoms. The molecule has 0 amide bonds. The van der Waals surface area contributed by atoms with E-state index in [0.29, 0.717) is 35.6 Å². The Morgan fingerprint density at radius 3 is 1.85 bits per heavy atom. The van der Waals surface area contributed by atoms with Crippen molar-refractivity contribution in [1.82, 2.24) is 13.9 Å². The predicted octanol–water partition coefficient (Wildman–Crippen LogP) is 1.74. The third-order valence-electron chi connectivity index (χ3n) is 4.09. The van der Waals surface area contributed by atoms with Crippen LogP contribution in [-0.4, -0.2) is 13.9 Å². The van der Waals surface area contributed by atoms with Crippen molar-refractivity contribution in [3.63, 3.8) is 0 Å². The summed E-state index contributed by atoms with van der Waals surface area (Å²) in [5.74, 6) is 0.765. The molecule has 5 nitrogen and oxygen atoms in total. The molecule has 0 fully saturated rings. The van der Waals surface area contributed by atoms with Crippen molar-refractivity contribution in [2.45, 2.75) is 26.9 Å². The molecule has 1 aromatic carbocycles. The van der Waals surface area contributed by atoms with Crippen LogP contribution in [0.15, 0.2) is 33.9 Å². The zero-order valence-electron chi connectivity index (χ0n) is 11.4. The first-order chi connectivity index (χ1) is 9.49. The minimum atomic E-state index is -0.281. The second-order valence-corrected chi connectivity index (χ2v) is 5.93. The van der Waals surface area contributed by atoms with Gasteiger partial charge in [-0.2, -0.15) is 0 Å². The molecule has 1 aromatic heterocycles. The molecule has 106 valence electrons. The number of rotatable bonds is 1. The van der Waals surface area contributed by atoms with Crippen molar-refractivity contribution in [2.24, 2.45) is 11.8 Å². The number of hydrogen-bond donors (Lipinski definition) is 0. The molecule has 0 spiro atoms. The normalized spacial score (nSPS) is 21.8. The standard InChI is InChI=1S/C14H16ClN3O2/c1-9-7-16-13(19)18(12-5-3-11(15)4-6-12)14(20)17(16)8-10(9)2/h3-6,9-10H,7-8H2,1-2H3. The lowest BCUT2D eigenvalue weighted by molar-refractivity contribution is 0.196. The largest absolute Gasteiger partial charge is 0.351 e. The van der Waals surface area contributed by atoms with Gasteiger partial charge < -0.3 is 0 Å². The lowest BCUT2D eigenvalue weighted by Crippen LogP contribution is -2.38. The van der Waals surface area contributed by atoms with Crippen LogP contribution in [0.25, 0.3) is 5.69 Å². The fourth-order valence-corrected chi connectivity index (χ4v) is 2.71. The molecule has 2 unspecified atom stereocenters. The molecular formula is C14H16ClN3O2. The van der Waals surface area contributed by atoms with Gasteiger partial charge in [-0.05, 0) is 36.1 Å². The van der Waals surface area contributed by atoms with E-state index in [1.807, 2.05) is 0 Å². The molecule has 0 N–H and O–H groups in total. The number of halogens is 1. The van der Waals surface area contributed by atoms with E-state index < -0.39 is 0 Å². The molecule has 0 aliphatic carbocycles. The molecule has 2 aromatic rings. The SMILES string of the molecule is CC1Cn2c(=O)n(-c3ccc(Cl)cc3)c(=O)n2CC1C. The van der Waals surface area contributed by atoms with Gasteiger partial charge in [0, 0.05) is 18.1 Å². The number of benzene rings is 1. The zero-order valence-corrected chi connectivity index (χ0v) is 12.2. The Morgan fingerprint density at radius 1 is 0.950 bits per heavy atom. The minimum Gasteiger partial charge on any atom is -0.246 e. The smallest absolute Gasteiger partial charge is 0.246 e. The topological polar surface area (TPSA) is 48.9 Å². The maximum absolute atomic E-state index is 12.4. The molecule has 0 saturated carbocycles. The van der Waals surface area contributed by atoms with Gasteiger partial charge in [-0.1, -0.05) is 25.4 Å². The van der Waals surface area contributed by atoms with Gasteiger partial charge in [-0.15, -0.1) is 0 Å². The molecular weight excluding hydrogens is 278 g/mol. The number of nitrogens with zero attached hydrogens (tertiary/aromatic N) is 3. The van der Waals surface area contributed by atoms with Gasteiger partial charge in [0.2, 0.25) is 0 Å². The third kappa shape index (κ3) is 1.93. The van der Waals surface area contributed by atoms with Crippen LogP contribution >= 0.6 is 11.6 Å². The Hall–Kier alpha value is -1.75. The van der Waals surface area contributed by atoms with Crippen molar-refractivity contribution < 1.29 is 0 Å². The van der Waals surface area contributed by atoms with E-state index in [-0.39, 0.29) is 11.4 Å². The first-order valence-electron chi connectivity index (χ1n) is 6.67. The molecule has 1 aliphatic rings. The Labute approximate surface area is 121 Å². The minimum absolute atomic E-state index is 0.281. The van der Waals surface area contributed by atoms with Gasteiger partial charge in [0.15, 0.2) is 0 Å². The van der Waals surface area contributed by atoms with Gasteiger partial charge in [-0.25, -0.2) is 23.5 Å². The second-order valence-electron chi connectivity index (χ2n) is 5.50. The van der Waals surface area contributed by atoms with E-state index in [1.54, 1.807) is 33.6 Å². The van der Waals surface area contributed by atoms with Crippen LogP contribution in [-0.2, 0) is 13.1 Å². The van der Waals surface area contributed by atoms with Crippen molar-refractivity contribution in [3.8, 4) is 5.69 Å². The average molecular weight is 294 g/mol. The Bertz CT molecular complexity index is 713. The van der Waals surface area contributed by atoms with Crippen LogP contribution < -0.4 is 11.4 Å². The Kier molecular flexibility index (Phi) is 3.09. The van der Waals surface area contributed by atoms with Crippen molar-refractivity contribution >= 4 is 11.6 Å². The number of aromatic nitrogens is 3. The fourth-order valence-electron chi connectivity index (χ4n) is 2.59. The predicted molar refractivity (Wildman–Crippen MR) is 77.6 cm³/mol. The summed E-state index contributed by atoms with van der Waals surface area (Å²) < 4.78 is 4.30. The summed E-state index contributed by atoms with van der Waals surface area (Å²) >= 11 is 5.84. The highest BCUT2D eigenvalue weighted by Gasteiger charge is 2.27. The molecule has 6 heteroatoms. The van der Waals surface area contributed by atoms with E-state index in [2.05, 4.69) is 13.8 Å². The van der Waals surface area contributed by atoms with Crippen molar-refractivity contribution in [2.75, 3.05) is 0 Å². The molecule has 3 rings (SSSR count). The van der Waals surface area contributed by atoms with E-state index in [0.717, 1.165) is 0 Å². The summed E-state index contributed by atoms with van der Waals surface area (Å²) in [6.07, 6.45) is 0. The van der Waals surface area contributed by atoms with Crippen LogP contribution in [0.1, 0.15) is 13.8 Å². The number of fused-ring (bicyclic) bond motifs is 1. The lowest BCUT2D eigenvalue weighted by atomic mass is 9.95. The van der Waals surface area contributed by atoms with E-state index in [9.17, 15) is 9.59 Å². The van der Waals surface area contributed by atoms with E-state index in [1.165, 1.54) is 4.57 Å². The van der Waals surface area contributed by atoms with Crippen LogP contribution in [0.5, 0.6) is 0 Å². The van der Waals surface area contributed by atoms with Crippen molar-refractivity contribution in [1.29, 1.82) is 0 Å². The molecule has 1 aliphatic heterocycles. The summed E-state index contributed by atoms with van der Waals surface area (Å²) in [6, 6.07) is 6.72. The molecule has 0 bridgehead atoms. The highest BCUT2D eigenvalue weighted by molar-refractivity contribution is 6.30. The van der Waals surface area contributed by atoms with E-state index in [4.69, 9.17) is 11.6 Å². The van der Waals surface area contributed by atoms with Crippen LogP contribution in [0, 0.1) is 11.8 Å². The molecule has 0 radical (unpaired) electrons. The van der Waals surface area contributed by atoms with Crippen LogP contribution in [0.2, 0.25) is 5.02 Å². The monoisotopic (exact) mass is 293 g/mol. The quantitative estimate of drug-likeness (QED) is 0.804. The average Bonchev–Trinajstić information content (AvgIpc) is 2.65. The summed E-state index contributed by atoms with van der Waals surface area (Å²) in [5.41, 5.74) is -0.00810. The maximum Gasteiger partial charge on any atom is 0.351 e. The highest BCUT2D eigenvalue weighted by Crippen LogP contribution is 2.19. The highest BCUT2D eigenvalue weighted by atomic mass is 35.5. The summed E-state index contributed by atoms with van der Waals surface area (Å²) in [7, 11) is 0. The Morgan fingerprint density at radius 2 is 1.40 bits per heavy atom. The number of hydrogen-bond acceptors (Lipinski definition) is 2. The first kappa shape index (κ1) is 13.2. The molecule has 2 heterocycles. The summed E-state index contributed by atoms with van der Waals surface area (Å²) in [6.45, 7) is 5.36. The Balaban J connectivity index is 2.20. The van der Waals surface area contributed by atoms with Gasteiger partial charge in [0.1, 0.15) is 0 Å². The molecule has 0 saturated heterocycles. The summed E-state index contributed by atoms with van der Waals surface area (Å²) in [5, 5.41) is 0.577.